The Morgan fingerprint density at radius 2 is 1.66 bits per heavy atom. The van der Waals surface area contributed by atoms with Gasteiger partial charge in [0.2, 0.25) is 5.91 Å². The van der Waals surface area contributed by atoms with Gasteiger partial charge in [0.25, 0.3) is 0 Å². The van der Waals surface area contributed by atoms with Crippen LogP contribution in [0, 0.1) is 0 Å². The van der Waals surface area contributed by atoms with E-state index < -0.39 is 0 Å². The zero-order valence-electron chi connectivity index (χ0n) is 17.1. The van der Waals surface area contributed by atoms with Gasteiger partial charge in [-0.3, -0.25) is 9.69 Å². The molecule has 0 aromatic heterocycles. The van der Waals surface area contributed by atoms with Crippen LogP contribution in [0.2, 0.25) is 0 Å². The third-order valence-electron chi connectivity index (χ3n) is 5.88. The summed E-state index contributed by atoms with van der Waals surface area (Å²) in [4.78, 5) is 19.4. The predicted octanol–water partition coefficient (Wildman–Crippen LogP) is 3.13. The summed E-state index contributed by atoms with van der Waals surface area (Å²) in [6.45, 7) is 5.76. The Balaban J connectivity index is 1.25. The molecule has 152 valence electrons. The fraction of sp³-hybridized carbons (Fsp3) is 0.375. The number of benzene rings is 2. The Morgan fingerprint density at radius 1 is 0.931 bits per heavy atom. The van der Waals surface area contributed by atoms with Crippen molar-refractivity contribution in [2.75, 3.05) is 57.8 Å². The van der Waals surface area contributed by atoms with Gasteiger partial charge in [-0.15, -0.1) is 0 Å². The van der Waals surface area contributed by atoms with Crippen LogP contribution >= 0.6 is 0 Å². The van der Waals surface area contributed by atoms with Gasteiger partial charge in [-0.2, -0.15) is 0 Å². The second-order valence-electron chi connectivity index (χ2n) is 7.65. The van der Waals surface area contributed by atoms with Gasteiger partial charge in [-0.1, -0.05) is 36.4 Å². The number of hydrogen-bond donors (Lipinski definition) is 0. The molecule has 4 rings (SSSR count). The first-order valence-corrected chi connectivity index (χ1v) is 10.4. The third-order valence-corrected chi connectivity index (χ3v) is 5.88. The van der Waals surface area contributed by atoms with Crippen molar-refractivity contribution in [2.45, 2.75) is 6.42 Å². The molecule has 1 fully saturated rings. The molecule has 2 heterocycles. The van der Waals surface area contributed by atoms with Crippen molar-refractivity contribution in [3.63, 3.8) is 0 Å². The van der Waals surface area contributed by atoms with E-state index >= 15 is 0 Å². The van der Waals surface area contributed by atoms with E-state index in [4.69, 9.17) is 4.74 Å². The highest BCUT2D eigenvalue weighted by Gasteiger charge is 2.23. The van der Waals surface area contributed by atoms with Crippen molar-refractivity contribution >= 4 is 17.2 Å². The number of carbonyl (C=O) groups excluding carboxylic acids is 1. The van der Waals surface area contributed by atoms with E-state index in [2.05, 4.69) is 52.3 Å². The number of amides is 1. The first kappa shape index (κ1) is 19.5. The molecule has 0 aliphatic carbocycles. The lowest BCUT2D eigenvalue weighted by atomic mass is 9.99. The van der Waals surface area contributed by atoms with Gasteiger partial charge >= 0.3 is 0 Å². The summed E-state index contributed by atoms with van der Waals surface area (Å²) >= 11 is 0. The normalized spacial score (nSPS) is 17.8. The fourth-order valence-corrected chi connectivity index (χ4v) is 4.06. The second-order valence-corrected chi connectivity index (χ2v) is 7.65. The molecule has 0 saturated carbocycles. The summed E-state index contributed by atoms with van der Waals surface area (Å²) in [5, 5.41) is 0. The molecule has 1 amide bonds. The highest BCUT2D eigenvalue weighted by atomic mass is 16.5. The average molecular weight is 392 g/mol. The molecule has 2 aromatic rings. The SMILES string of the molecule is COc1ccc(N2CCN(CC(=O)N3CC=C(c4ccccc4)CC3)CC2)cc1. The Labute approximate surface area is 173 Å². The zero-order valence-corrected chi connectivity index (χ0v) is 17.1. The molecule has 0 unspecified atom stereocenters. The predicted molar refractivity (Wildman–Crippen MR) is 117 cm³/mol. The van der Waals surface area contributed by atoms with Gasteiger partial charge in [-0.25, -0.2) is 0 Å². The van der Waals surface area contributed by atoms with Gasteiger partial charge in [0.1, 0.15) is 5.75 Å². The Kier molecular flexibility index (Phi) is 6.15. The standard InChI is InChI=1S/C24H29N3O2/c1-29-23-9-7-22(8-10-23)26-17-15-25(16-18-26)19-24(28)27-13-11-21(12-14-27)20-5-3-2-4-6-20/h2-11H,12-19H2,1H3. The van der Waals surface area contributed by atoms with E-state index in [1.165, 1.54) is 16.8 Å². The van der Waals surface area contributed by atoms with Crippen molar-refractivity contribution in [3.8, 4) is 5.75 Å². The summed E-state index contributed by atoms with van der Waals surface area (Å²) in [6.07, 6.45) is 3.14. The summed E-state index contributed by atoms with van der Waals surface area (Å²) < 4.78 is 5.23. The highest BCUT2D eigenvalue weighted by molar-refractivity contribution is 5.80. The number of rotatable bonds is 5. The molecule has 1 saturated heterocycles. The molecule has 2 aliphatic rings. The molecule has 0 spiro atoms. The average Bonchev–Trinajstić information content (AvgIpc) is 2.80. The monoisotopic (exact) mass is 391 g/mol. The fourth-order valence-electron chi connectivity index (χ4n) is 4.06. The van der Waals surface area contributed by atoms with Gasteiger partial charge < -0.3 is 14.5 Å². The second kappa shape index (κ2) is 9.14. The minimum atomic E-state index is 0.242. The topological polar surface area (TPSA) is 36.0 Å². The first-order chi connectivity index (χ1) is 14.2. The van der Waals surface area contributed by atoms with E-state index in [-0.39, 0.29) is 5.91 Å². The van der Waals surface area contributed by atoms with Crippen molar-refractivity contribution in [3.05, 3.63) is 66.2 Å². The lowest BCUT2D eigenvalue weighted by Crippen LogP contribution is -2.50. The van der Waals surface area contributed by atoms with Crippen molar-refractivity contribution < 1.29 is 9.53 Å². The van der Waals surface area contributed by atoms with Crippen molar-refractivity contribution in [1.29, 1.82) is 0 Å². The number of nitrogens with zero attached hydrogens (tertiary/aromatic N) is 3. The maximum absolute atomic E-state index is 12.8. The van der Waals surface area contributed by atoms with Crippen LogP contribution in [0.25, 0.3) is 5.57 Å². The number of methoxy groups -OCH3 is 1. The van der Waals surface area contributed by atoms with Crippen LogP contribution in [-0.2, 0) is 4.79 Å². The van der Waals surface area contributed by atoms with Crippen molar-refractivity contribution in [2.24, 2.45) is 0 Å². The molecule has 5 nitrogen and oxygen atoms in total. The molecular weight excluding hydrogens is 362 g/mol. The molecule has 0 N–H and O–H groups in total. The molecule has 0 bridgehead atoms. The number of hydrogen-bond acceptors (Lipinski definition) is 4. The number of carbonyl (C=O) groups is 1. The highest BCUT2D eigenvalue weighted by Crippen LogP contribution is 2.23. The Morgan fingerprint density at radius 3 is 2.28 bits per heavy atom. The third kappa shape index (κ3) is 4.80. The zero-order chi connectivity index (χ0) is 20.1. The van der Waals surface area contributed by atoms with Crippen LogP contribution in [0.5, 0.6) is 5.75 Å². The largest absolute Gasteiger partial charge is 0.497 e. The van der Waals surface area contributed by atoms with Gasteiger partial charge in [0, 0.05) is 45.0 Å². The quantitative estimate of drug-likeness (QED) is 0.785. The molecule has 2 aromatic carbocycles. The van der Waals surface area contributed by atoms with Gasteiger partial charge in [0.05, 0.1) is 13.7 Å². The van der Waals surface area contributed by atoms with Crippen LogP contribution < -0.4 is 9.64 Å². The van der Waals surface area contributed by atoms with Crippen LogP contribution in [0.3, 0.4) is 0 Å². The summed E-state index contributed by atoms with van der Waals surface area (Å²) in [5.74, 6) is 1.12. The Bertz CT molecular complexity index is 840. The molecule has 0 radical (unpaired) electrons. The minimum Gasteiger partial charge on any atom is -0.497 e. The number of anilines is 1. The van der Waals surface area contributed by atoms with Crippen LogP contribution in [-0.4, -0.2) is 68.6 Å². The number of ether oxygens (including phenoxy) is 1. The molecule has 29 heavy (non-hydrogen) atoms. The lowest BCUT2D eigenvalue weighted by Gasteiger charge is -2.37. The van der Waals surface area contributed by atoms with Gasteiger partial charge in [0.15, 0.2) is 0 Å². The maximum atomic E-state index is 12.8. The minimum absolute atomic E-state index is 0.242. The maximum Gasteiger partial charge on any atom is 0.237 e. The smallest absolute Gasteiger partial charge is 0.237 e. The van der Waals surface area contributed by atoms with Gasteiger partial charge in [-0.05, 0) is 41.8 Å². The van der Waals surface area contributed by atoms with Crippen molar-refractivity contribution in [1.82, 2.24) is 9.80 Å². The first-order valence-electron chi connectivity index (χ1n) is 10.4. The van der Waals surface area contributed by atoms with E-state index in [0.29, 0.717) is 6.54 Å². The summed E-state index contributed by atoms with van der Waals surface area (Å²) in [7, 11) is 1.69. The van der Waals surface area contributed by atoms with Crippen LogP contribution in [0.4, 0.5) is 5.69 Å². The molecule has 0 atom stereocenters. The van der Waals surface area contributed by atoms with E-state index in [9.17, 15) is 4.79 Å². The summed E-state index contributed by atoms with van der Waals surface area (Å²) in [5.41, 5.74) is 3.84. The van der Waals surface area contributed by atoms with Crippen LogP contribution in [0.1, 0.15) is 12.0 Å². The molecular formula is C24H29N3O2. The van der Waals surface area contributed by atoms with E-state index in [0.717, 1.165) is 51.4 Å². The Hall–Kier alpha value is -2.79. The lowest BCUT2D eigenvalue weighted by molar-refractivity contribution is -0.132. The summed E-state index contributed by atoms with van der Waals surface area (Å²) in [6, 6.07) is 18.7. The van der Waals surface area contributed by atoms with E-state index in [1.54, 1.807) is 7.11 Å². The van der Waals surface area contributed by atoms with Crippen LogP contribution in [0.15, 0.2) is 60.7 Å². The molecule has 2 aliphatic heterocycles. The number of piperazine rings is 1. The molecule has 5 heteroatoms. The van der Waals surface area contributed by atoms with E-state index in [1.807, 2.05) is 23.1 Å².